The third-order valence-corrected chi connectivity index (χ3v) is 15.7. The van der Waals surface area contributed by atoms with Crippen LogP contribution in [0.25, 0.3) is 108 Å². The molecule has 0 aliphatic carbocycles. The summed E-state index contributed by atoms with van der Waals surface area (Å²) in [6, 6.07) is 91.5. The molecule has 0 bridgehead atoms. The molecule has 0 amide bonds. The van der Waals surface area contributed by atoms with Gasteiger partial charge < -0.3 is 18.6 Å². The average Bonchev–Trinajstić information content (AvgIpc) is 4.17. The van der Waals surface area contributed by atoms with Crippen molar-refractivity contribution in [2.24, 2.45) is 0 Å². The highest BCUT2D eigenvalue weighted by Crippen LogP contribution is 2.50. The summed E-state index contributed by atoms with van der Waals surface area (Å²) in [6.45, 7) is 0. The summed E-state index contributed by atoms with van der Waals surface area (Å²) < 4.78 is 16.0. The number of furan rings is 2. The van der Waals surface area contributed by atoms with Crippen molar-refractivity contribution < 1.29 is 8.83 Å². The normalized spacial score (nSPS) is 11.8. The maximum Gasteiger partial charge on any atom is 0.159 e. The third kappa shape index (κ3) is 6.60. The maximum atomic E-state index is 6.76. The van der Waals surface area contributed by atoms with E-state index in [0.717, 1.165) is 100 Å². The van der Waals surface area contributed by atoms with E-state index in [1.54, 1.807) is 0 Å². The number of rotatable bonds is 8. The molecule has 0 spiro atoms. The fraction of sp³-hybridized carbons (Fsp3) is 0. The number of nitrogens with zero attached hydrogens (tertiary/aromatic N) is 2. The molecule has 15 rings (SSSR count). The van der Waals surface area contributed by atoms with E-state index in [-0.39, 0.29) is 0 Å². The van der Waals surface area contributed by atoms with Gasteiger partial charge in [-0.25, -0.2) is 0 Å². The van der Waals surface area contributed by atoms with Gasteiger partial charge in [-0.2, -0.15) is 0 Å². The van der Waals surface area contributed by atoms with Crippen molar-refractivity contribution in [3.8, 4) is 22.3 Å². The molecule has 0 aliphatic rings. The molecule has 0 saturated heterocycles. The summed E-state index contributed by atoms with van der Waals surface area (Å²) in [5, 5.41) is 11.7. The highest BCUT2D eigenvalue weighted by Gasteiger charge is 2.25. The van der Waals surface area contributed by atoms with Gasteiger partial charge in [0.1, 0.15) is 11.2 Å². The Kier molecular flexibility index (Phi) is 9.41. The van der Waals surface area contributed by atoms with E-state index < -0.39 is 0 Å². The SMILES string of the molecule is c1ccc(-c2ccccc2N(c2ccc3c(ccc4sc5ccc6cc(N(c7ccccc7-c7ccccc7)c7cccc8c7oc7ccccc78)ccc6c5c43)c2)c2cccc3c2oc2ccccc23)cc1. The molecule has 0 unspecified atom stereocenters. The Morgan fingerprint density at radius 1 is 0.288 bits per heavy atom. The van der Waals surface area contributed by atoms with Gasteiger partial charge in [0.15, 0.2) is 11.2 Å². The second kappa shape index (κ2) is 16.6. The molecule has 15 aromatic rings. The number of para-hydroxylation sites is 6. The van der Waals surface area contributed by atoms with Crippen molar-refractivity contribution in [3.63, 3.8) is 0 Å². The van der Waals surface area contributed by atoms with E-state index in [0.29, 0.717) is 0 Å². The van der Waals surface area contributed by atoms with Crippen LogP contribution in [0.5, 0.6) is 0 Å². The minimum absolute atomic E-state index is 0.855. The zero-order valence-corrected chi connectivity index (χ0v) is 40.2. The molecular weight excluding hydrogens is 909 g/mol. The van der Waals surface area contributed by atoms with Crippen molar-refractivity contribution in [2.45, 2.75) is 0 Å². The van der Waals surface area contributed by atoms with Crippen LogP contribution in [0.1, 0.15) is 0 Å². The molecule has 3 heterocycles. The fourth-order valence-electron chi connectivity index (χ4n) is 11.4. The maximum absolute atomic E-state index is 6.76. The summed E-state index contributed by atoms with van der Waals surface area (Å²) in [5.41, 5.74) is 14.2. The third-order valence-electron chi connectivity index (χ3n) is 14.6. The van der Waals surface area contributed by atoms with Crippen molar-refractivity contribution in [2.75, 3.05) is 9.80 Å². The first-order valence-electron chi connectivity index (χ1n) is 24.7. The first kappa shape index (κ1) is 41.4. The molecule has 0 saturated carbocycles. The van der Waals surface area contributed by atoms with Crippen molar-refractivity contribution in [3.05, 3.63) is 255 Å². The van der Waals surface area contributed by atoms with E-state index in [1.807, 2.05) is 23.5 Å². The zero-order valence-electron chi connectivity index (χ0n) is 39.4. The zero-order chi connectivity index (χ0) is 48.0. The van der Waals surface area contributed by atoms with Crippen LogP contribution < -0.4 is 9.80 Å². The summed E-state index contributed by atoms with van der Waals surface area (Å²) >= 11 is 1.86. The average molecular weight is 951 g/mol. The molecule has 4 nitrogen and oxygen atoms in total. The van der Waals surface area contributed by atoms with Crippen LogP contribution in [0.2, 0.25) is 0 Å². The lowest BCUT2D eigenvalue weighted by molar-refractivity contribution is 0.668. The summed E-state index contributed by atoms with van der Waals surface area (Å²) in [7, 11) is 0. The standard InChI is InChI=1S/C68H42N2O2S/c1-3-17-43(18-4-1)49-21-7-11-27-57(49)69(59-29-15-25-55-53-23-9-13-31-61(53)71-67(55)59)47-35-37-51-45(41-47)33-39-63-65(51)66-52-38-36-48(42-46(52)34-40-64(66)73-63)70(58-28-12-8-22-50(58)44-19-5-2-6-20-44)60-30-16-26-56-54-24-10-14-32-62(54)72-68(56)60/h1-42H. The van der Waals surface area contributed by atoms with Crippen LogP contribution in [0.4, 0.5) is 34.1 Å². The van der Waals surface area contributed by atoms with Gasteiger partial charge in [0.25, 0.3) is 0 Å². The second-order valence-corrected chi connectivity index (χ2v) is 19.8. The topological polar surface area (TPSA) is 32.8 Å². The fourth-order valence-corrected chi connectivity index (χ4v) is 12.5. The molecule has 5 heteroatoms. The van der Waals surface area contributed by atoms with Gasteiger partial charge in [-0.3, -0.25) is 0 Å². The Labute approximate surface area is 424 Å². The van der Waals surface area contributed by atoms with E-state index in [4.69, 9.17) is 8.83 Å². The molecule has 0 radical (unpaired) electrons. The van der Waals surface area contributed by atoms with Gasteiger partial charge in [-0.15, -0.1) is 11.3 Å². The Bertz CT molecular complexity index is 4350. The number of fused-ring (bicyclic) bond motifs is 13. The lowest BCUT2D eigenvalue weighted by Gasteiger charge is -2.28. The van der Waals surface area contributed by atoms with E-state index in [9.17, 15) is 0 Å². The molecule has 0 atom stereocenters. The van der Waals surface area contributed by atoms with Gasteiger partial charge in [0.2, 0.25) is 0 Å². The summed E-state index contributed by atoms with van der Waals surface area (Å²) in [6.07, 6.45) is 0. The molecule has 342 valence electrons. The number of benzene rings is 12. The number of thiophene rings is 1. The van der Waals surface area contributed by atoms with Crippen LogP contribution in [0, 0.1) is 0 Å². The number of hydrogen-bond acceptors (Lipinski definition) is 5. The van der Waals surface area contributed by atoms with Crippen LogP contribution in [0.15, 0.2) is 264 Å². The largest absolute Gasteiger partial charge is 0.454 e. The number of anilines is 6. The van der Waals surface area contributed by atoms with E-state index in [2.05, 4.69) is 252 Å². The highest BCUT2D eigenvalue weighted by atomic mass is 32.1. The van der Waals surface area contributed by atoms with Gasteiger partial charge in [0.05, 0.1) is 22.7 Å². The Morgan fingerprint density at radius 3 is 1.16 bits per heavy atom. The van der Waals surface area contributed by atoms with Gasteiger partial charge >= 0.3 is 0 Å². The highest BCUT2D eigenvalue weighted by molar-refractivity contribution is 7.26. The van der Waals surface area contributed by atoms with Crippen LogP contribution >= 0.6 is 11.3 Å². The first-order chi connectivity index (χ1) is 36.2. The lowest BCUT2D eigenvalue weighted by Crippen LogP contribution is -2.11. The van der Waals surface area contributed by atoms with E-state index in [1.165, 1.54) is 41.7 Å². The summed E-state index contributed by atoms with van der Waals surface area (Å²) in [5.74, 6) is 0. The predicted molar refractivity (Wildman–Crippen MR) is 309 cm³/mol. The molecule has 0 fully saturated rings. The smallest absolute Gasteiger partial charge is 0.159 e. The quantitative estimate of drug-likeness (QED) is 0.152. The van der Waals surface area contributed by atoms with E-state index >= 15 is 0 Å². The van der Waals surface area contributed by atoms with Gasteiger partial charge in [0, 0.05) is 64.2 Å². The first-order valence-corrected chi connectivity index (χ1v) is 25.5. The molecule has 73 heavy (non-hydrogen) atoms. The summed E-state index contributed by atoms with van der Waals surface area (Å²) in [4.78, 5) is 4.76. The molecule has 0 aliphatic heterocycles. The number of hydrogen-bond donors (Lipinski definition) is 0. The molecule has 0 N–H and O–H groups in total. The van der Waals surface area contributed by atoms with Crippen LogP contribution in [0.3, 0.4) is 0 Å². The van der Waals surface area contributed by atoms with Crippen LogP contribution in [-0.4, -0.2) is 0 Å². The predicted octanol–water partition coefficient (Wildman–Crippen LogP) is 20.4. The van der Waals surface area contributed by atoms with Crippen molar-refractivity contribution in [1.82, 2.24) is 0 Å². The molecular formula is C68H42N2O2S. The Balaban J connectivity index is 0.924. The van der Waals surface area contributed by atoms with Gasteiger partial charge in [-0.05, 0) is 105 Å². The second-order valence-electron chi connectivity index (χ2n) is 18.7. The molecule has 3 aromatic heterocycles. The minimum atomic E-state index is 0.855. The van der Waals surface area contributed by atoms with Crippen LogP contribution in [-0.2, 0) is 0 Å². The minimum Gasteiger partial charge on any atom is -0.454 e. The molecule has 12 aromatic carbocycles. The van der Waals surface area contributed by atoms with Crippen molar-refractivity contribution >= 4 is 131 Å². The lowest BCUT2D eigenvalue weighted by atomic mass is 9.97. The van der Waals surface area contributed by atoms with Crippen molar-refractivity contribution in [1.29, 1.82) is 0 Å². The van der Waals surface area contributed by atoms with Gasteiger partial charge in [-0.1, -0.05) is 182 Å². The Hall–Kier alpha value is -9.42. The Morgan fingerprint density at radius 2 is 0.685 bits per heavy atom. The monoisotopic (exact) mass is 950 g/mol.